The molecular weight excluding hydrogens is 741 g/mol. The van der Waals surface area contributed by atoms with E-state index in [9.17, 15) is 0 Å². The van der Waals surface area contributed by atoms with Crippen LogP contribution < -0.4 is 0 Å². The lowest BCUT2D eigenvalue weighted by molar-refractivity contribution is 0.397. The third kappa shape index (κ3) is 8.25. The third-order valence-electron chi connectivity index (χ3n) is 12.9. The molecule has 4 heteroatoms. The zero-order valence-electron chi connectivity index (χ0n) is 35.7. The summed E-state index contributed by atoms with van der Waals surface area (Å²) in [6, 6.07) is 34.7. The number of hydrogen-bond donors (Lipinski definition) is 0. The molecule has 0 fully saturated rings. The molecule has 1 aliphatic carbocycles. The van der Waals surface area contributed by atoms with E-state index in [2.05, 4.69) is 120 Å². The fraction of sp³-hybridized carbons (Fsp3) is 0.298. The normalized spacial score (nSPS) is 12.6. The van der Waals surface area contributed by atoms with Gasteiger partial charge in [-0.3, -0.25) is 19.9 Å². The number of benzene rings is 4. The van der Waals surface area contributed by atoms with Crippen molar-refractivity contribution in [3.8, 4) is 34.8 Å². The van der Waals surface area contributed by atoms with E-state index in [-0.39, 0.29) is 5.41 Å². The minimum absolute atomic E-state index is 0.105. The van der Waals surface area contributed by atoms with Gasteiger partial charge in [0.25, 0.3) is 0 Å². The number of fused-ring (bicyclic) bond motifs is 9. The second-order valence-corrected chi connectivity index (χ2v) is 16.9. The Morgan fingerprint density at radius 3 is 1.28 bits per heavy atom. The summed E-state index contributed by atoms with van der Waals surface area (Å²) in [7, 11) is 0. The van der Waals surface area contributed by atoms with Gasteiger partial charge in [-0.05, 0) is 108 Å². The second-order valence-electron chi connectivity index (χ2n) is 16.9. The Balaban J connectivity index is 1.13. The summed E-state index contributed by atoms with van der Waals surface area (Å²) in [6.07, 6.45) is 25.0. The van der Waals surface area contributed by atoms with Crippen molar-refractivity contribution in [2.45, 2.75) is 109 Å². The van der Waals surface area contributed by atoms with Crippen LogP contribution in [0.5, 0.6) is 0 Å². The highest BCUT2D eigenvalue weighted by Gasteiger charge is 2.42. The molecular formula is C57H54N4. The van der Waals surface area contributed by atoms with Gasteiger partial charge in [0.15, 0.2) is 0 Å². The first-order valence-corrected chi connectivity index (χ1v) is 22.8. The Bertz CT molecular complexity index is 2790. The lowest BCUT2D eigenvalue weighted by atomic mass is 9.70. The van der Waals surface area contributed by atoms with Crippen LogP contribution in [-0.4, -0.2) is 19.9 Å². The second kappa shape index (κ2) is 18.5. The molecule has 0 atom stereocenters. The average molecular weight is 795 g/mol. The van der Waals surface area contributed by atoms with E-state index in [1.165, 1.54) is 99.3 Å². The fourth-order valence-electron chi connectivity index (χ4n) is 9.77. The summed E-state index contributed by atoms with van der Waals surface area (Å²) in [6.45, 7) is 4.60. The van der Waals surface area contributed by atoms with Crippen molar-refractivity contribution < 1.29 is 0 Å². The van der Waals surface area contributed by atoms with Gasteiger partial charge in [0, 0.05) is 74.0 Å². The van der Waals surface area contributed by atoms with E-state index in [0.29, 0.717) is 0 Å². The molecule has 0 saturated carbocycles. The summed E-state index contributed by atoms with van der Waals surface area (Å²) < 4.78 is 0. The molecule has 0 amide bonds. The molecule has 0 N–H and O–H groups in total. The van der Waals surface area contributed by atoms with E-state index in [1.54, 1.807) is 0 Å². The zero-order chi connectivity index (χ0) is 41.4. The number of unbranched alkanes of at least 4 members (excludes halogenated alkanes) is 10. The van der Waals surface area contributed by atoms with E-state index >= 15 is 0 Å². The van der Waals surface area contributed by atoms with E-state index in [0.717, 1.165) is 78.7 Å². The van der Waals surface area contributed by atoms with Crippen LogP contribution in [0.3, 0.4) is 0 Å². The summed E-state index contributed by atoms with van der Waals surface area (Å²) >= 11 is 0. The fourth-order valence-corrected chi connectivity index (χ4v) is 9.77. The Morgan fingerprint density at radius 1 is 0.410 bits per heavy atom. The van der Waals surface area contributed by atoms with Gasteiger partial charge in [0.1, 0.15) is 0 Å². The third-order valence-corrected chi connectivity index (χ3v) is 12.9. The molecule has 4 nitrogen and oxygen atoms in total. The molecule has 0 bridgehead atoms. The molecule has 0 radical (unpaired) electrons. The van der Waals surface area contributed by atoms with Crippen molar-refractivity contribution in [2.24, 2.45) is 0 Å². The monoisotopic (exact) mass is 794 g/mol. The Hall–Kier alpha value is -6.36. The highest BCUT2D eigenvalue weighted by molar-refractivity contribution is 6.06. The highest BCUT2D eigenvalue weighted by atomic mass is 14.7. The van der Waals surface area contributed by atoms with Gasteiger partial charge < -0.3 is 0 Å². The first kappa shape index (κ1) is 40.1. The number of nitrogens with zero attached hydrogens (tertiary/aromatic N) is 4. The van der Waals surface area contributed by atoms with Crippen LogP contribution in [0.25, 0.3) is 54.7 Å². The van der Waals surface area contributed by atoms with Gasteiger partial charge in [-0.1, -0.05) is 139 Å². The SMILES string of the molecule is CCCCCCCCC1(CCCCCCCC)c2cc(C#Cc3cc4cccnc4c4ncccc34)ccc2-c2ccc(C#Cc3cc4cccnc4c4ncccc34)cc21. The maximum absolute atomic E-state index is 4.74. The first-order valence-electron chi connectivity index (χ1n) is 22.8. The molecule has 9 rings (SSSR count). The molecule has 61 heavy (non-hydrogen) atoms. The van der Waals surface area contributed by atoms with Gasteiger partial charge in [-0.25, -0.2) is 0 Å². The summed E-state index contributed by atoms with van der Waals surface area (Å²) in [5, 5.41) is 4.18. The number of hydrogen-bond acceptors (Lipinski definition) is 4. The molecule has 0 aliphatic heterocycles. The predicted molar refractivity (Wildman–Crippen MR) is 255 cm³/mol. The Labute approximate surface area is 361 Å². The van der Waals surface area contributed by atoms with Crippen LogP contribution in [0.1, 0.15) is 137 Å². The van der Waals surface area contributed by atoms with Gasteiger partial charge in [-0.15, -0.1) is 0 Å². The van der Waals surface area contributed by atoms with Crippen LogP contribution >= 0.6 is 0 Å². The molecule has 0 spiro atoms. The summed E-state index contributed by atoms with van der Waals surface area (Å²) in [5.41, 5.74) is 13.2. The Morgan fingerprint density at radius 2 is 0.820 bits per heavy atom. The van der Waals surface area contributed by atoms with Gasteiger partial charge in [0.05, 0.1) is 22.1 Å². The smallest absolute Gasteiger partial charge is 0.0977 e. The number of rotatable bonds is 14. The highest BCUT2D eigenvalue weighted by Crippen LogP contribution is 2.54. The van der Waals surface area contributed by atoms with Crippen LogP contribution in [-0.2, 0) is 5.41 Å². The van der Waals surface area contributed by atoms with Crippen LogP contribution in [0.15, 0.2) is 122 Å². The maximum atomic E-state index is 4.74. The van der Waals surface area contributed by atoms with Crippen molar-refractivity contribution in [1.82, 2.24) is 19.9 Å². The standard InChI is InChI=1S/C57H54N4/c1-3-5-7-9-11-13-31-57(32-14-12-10-8-6-4-2)51-37-41(23-27-43-39-45-19-15-33-58-53(45)55-47(43)21-17-35-60-55)25-29-49(51)50-30-26-42(38-52(50)57)24-28-44-40-46-20-16-34-59-54(46)56-48(44)22-18-36-61-56/h15-22,25-26,29-30,33-40H,3-14,31-32H2,1-2H3. The van der Waals surface area contributed by atoms with E-state index in [1.807, 2.05) is 49.1 Å². The Kier molecular flexibility index (Phi) is 12.1. The van der Waals surface area contributed by atoms with Crippen molar-refractivity contribution in [2.75, 3.05) is 0 Å². The van der Waals surface area contributed by atoms with Gasteiger partial charge in [0.2, 0.25) is 0 Å². The minimum atomic E-state index is -0.105. The largest absolute Gasteiger partial charge is 0.254 e. The number of aromatic nitrogens is 4. The summed E-state index contributed by atoms with van der Waals surface area (Å²) in [4.78, 5) is 18.8. The topological polar surface area (TPSA) is 51.6 Å². The van der Waals surface area contributed by atoms with E-state index < -0.39 is 0 Å². The van der Waals surface area contributed by atoms with Crippen molar-refractivity contribution >= 4 is 43.6 Å². The first-order chi connectivity index (χ1) is 30.2. The van der Waals surface area contributed by atoms with Crippen molar-refractivity contribution in [3.63, 3.8) is 0 Å². The molecule has 302 valence electrons. The number of pyridine rings is 4. The summed E-state index contributed by atoms with van der Waals surface area (Å²) in [5.74, 6) is 14.5. The average Bonchev–Trinajstić information content (AvgIpc) is 3.57. The maximum Gasteiger partial charge on any atom is 0.0977 e. The van der Waals surface area contributed by atoms with Crippen molar-refractivity contribution in [1.29, 1.82) is 0 Å². The van der Waals surface area contributed by atoms with Crippen LogP contribution in [0.2, 0.25) is 0 Å². The van der Waals surface area contributed by atoms with Crippen LogP contribution in [0.4, 0.5) is 0 Å². The molecule has 4 heterocycles. The zero-order valence-corrected chi connectivity index (χ0v) is 35.7. The van der Waals surface area contributed by atoms with Gasteiger partial charge in [-0.2, -0.15) is 0 Å². The molecule has 0 unspecified atom stereocenters. The van der Waals surface area contributed by atoms with Crippen molar-refractivity contribution in [3.05, 3.63) is 155 Å². The lowest BCUT2D eigenvalue weighted by Crippen LogP contribution is -2.26. The molecule has 4 aromatic carbocycles. The lowest BCUT2D eigenvalue weighted by Gasteiger charge is -2.33. The predicted octanol–water partition coefficient (Wildman–Crippen LogP) is 14.4. The van der Waals surface area contributed by atoms with Crippen LogP contribution in [0, 0.1) is 23.7 Å². The molecule has 8 aromatic rings. The van der Waals surface area contributed by atoms with Gasteiger partial charge >= 0.3 is 0 Å². The molecule has 1 aliphatic rings. The quantitative estimate of drug-likeness (QED) is 0.0625. The molecule has 0 saturated heterocycles. The molecule has 4 aromatic heterocycles. The van der Waals surface area contributed by atoms with E-state index in [4.69, 9.17) is 9.97 Å². The minimum Gasteiger partial charge on any atom is -0.254 e.